The number of rotatable bonds is 3. The van der Waals surface area contributed by atoms with Crippen LogP contribution < -0.4 is 5.69 Å². The van der Waals surface area contributed by atoms with Gasteiger partial charge in [-0.15, -0.1) is 0 Å². The van der Waals surface area contributed by atoms with Gasteiger partial charge in [0.05, 0.1) is 29.3 Å². The Hall–Kier alpha value is -1.55. The lowest BCUT2D eigenvalue weighted by atomic mass is 10.1. The summed E-state index contributed by atoms with van der Waals surface area (Å²) in [6.07, 6.45) is 2.21. The zero-order valence-corrected chi connectivity index (χ0v) is 12.4. The minimum atomic E-state index is -0.0581. The zero-order valence-electron chi connectivity index (χ0n) is 12.4. The van der Waals surface area contributed by atoms with Crippen LogP contribution in [-0.4, -0.2) is 20.8 Å². The predicted octanol–water partition coefficient (Wildman–Crippen LogP) is 2.78. The number of ether oxygens (including phenoxy) is 1. The van der Waals surface area contributed by atoms with E-state index in [1.165, 1.54) is 0 Å². The number of fused-ring (bicyclic) bond motifs is 1. The summed E-state index contributed by atoms with van der Waals surface area (Å²) in [4.78, 5) is 12.5. The molecular formula is C16H22N2O2. The molecule has 0 aliphatic carbocycles. The average Bonchev–Trinajstić information content (AvgIpc) is 2.89. The Bertz CT molecular complexity index is 681. The molecule has 0 saturated carbocycles. The Morgan fingerprint density at radius 2 is 1.90 bits per heavy atom. The standard InChI is InChI=1S/C16H22N2O2/c1-4-17-13-7-5-6-8-14(13)18(15(17)19)11-12-9-10-16(2,3)20-12/h5-8,12H,4,9-11H2,1-3H3. The molecule has 108 valence electrons. The topological polar surface area (TPSA) is 36.2 Å². The molecule has 1 unspecified atom stereocenters. The second kappa shape index (κ2) is 4.77. The summed E-state index contributed by atoms with van der Waals surface area (Å²) in [6.45, 7) is 7.59. The van der Waals surface area contributed by atoms with E-state index in [1.807, 2.05) is 40.3 Å². The van der Waals surface area contributed by atoms with Crippen molar-refractivity contribution in [2.45, 2.75) is 58.4 Å². The van der Waals surface area contributed by atoms with Gasteiger partial charge >= 0.3 is 5.69 Å². The van der Waals surface area contributed by atoms with Crippen molar-refractivity contribution < 1.29 is 4.74 Å². The molecule has 1 aliphatic heterocycles. The number of hydrogen-bond acceptors (Lipinski definition) is 2. The van der Waals surface area contributed by atoms with Crippen molar-refractivity contribution in [1.82, 2.24) is 9.13 Å². The molecule has 0 N–H and O–H groups in total. The summed E-state index contributed by atoms with van der Waals surface area (Å²) in [5.41, 5.74) is 2.03. The first kappa shape index (κ1) is 13.4. The van der Waals surface area contributed by atoms with Gasteiger partial charge in [-0.3, -0.25) is 9.13 Å². The Morgan fingerprint density at radius 3 is 2.45 bits per heavy atom. The van der Waals surface area contributed by atoms with Gasteiger partial charge in [0.25, 0.3) is 0 Å². The van der Waals surface area contributed by atoms with E-state index in [4.69, 9.17) is 4.74 Å². The fraction of sp³-hybridized carbons (Fsp3) is 0.562. The van der Waals surface area contributed by atoms with Crippen molar-refractivity contribution in [1.29, 1.82) is 0 Å². The van der Waals surface area contributed by atoms with E-state index in [0.717, 1.165) is 23.9 Å². The summed E-state index contributed by atoms with van der Waals surface area (Å²) >= 11 is 0. The maximum absolute atomic E-state index is 12.5. The minimum absolute atomic E-state index is 0.0581. The van der Waals surface area contributed by atoms with Gasteiger partial charge < -0.3 is 4.74 Å². The van der Waals surface area contributed by atoms with E-state index in [2.05, 4.69) is 13.8 Å². The third kappa shape index (κ3) is 2.18. The fourth-order valence-corrected chi connectivity index (χ4v) is 3.16. The number of nitrogens with zero attached hydrogens (tertiary/aromatic N) is 2. The first-order valence-electron chi connectivity index (χ1n) is 7.38. The quantitative estimate of drug-likeness (QED) is 0.863. The summed E-state index contributed by atoms with van der Waals surface area (Å²) in [5.74, 6) is 0. The van der Waals surface area contributed by atoms with Crippen molar-refractivity contribution in [2.24, 2.45) is 0 Å². The van der Waals surface area contributed by atoms with Crippen molar-refractivity contribution >= 4 is 11.0 Å². The van der Waals surface area contributed by atoms with Gasteiger partial charge in [0.1, 0.15) is 0 Å². The Labute approximate surface area is 119 Å². The Morgan fingerprint density at radius 1 is 1.25 bits per heavy atom. The van der Waals surface area contributed by atoms with Gasteiger partial charge in [0, 0.05) is 6.54 Å². The van der Waals surface area contributed by atoms with Crippen LogP contribution in [0.5, 0.6) is 0 Å². The molecule has 2 aromatic rings. The number of aromatic nitrogens is 2. The molecule has 3 rings (SSSR count). The van der Waals surface area contributed by atoms with Crippen molar-refractivity contribution in [3.05, 3.63) is 34.7 Å². The van der Waals surface area contributed by atoms with Crippen LogP contribution >= 0.6 is 0 Å². The smallest absolute Gasteiger partial charge is 0.329 e. The van der Waals surface area contributed by atoms with Gasteiger partial charge in [-0.2, -0.15) is 0 Å². The maximum atomic E-state index is 12.5. The molecule has 1 aromatic heterocycles. The SMILES string of the molecule is CCn1c(=O)n(CC2CCC(C)(C)O2)c2ccccc21. The number of aryl methyl sites for hydroxylation is 1. The van der Waals surface area contributed by atoms with Gasteiger partial charge in [0.2, 0.25) is 0 Å². The van der Waals surface area contributed by atoms with Gasteiger partial charge in [-0.1, -0.05) is 12.1 Å². The second-order valence-electron chi connectivity index (χ2n) is 6.16. The van der Waals surface area contributed by atoms with Gasteiger partial charge in [0.15, 0.2) is 0 Å². The highest BCUT2D eigenvalue weighted by atomic mass is 16.5. The molecule has 0 amide bonds. The predicted molar refractivity (Wildman–Crippen MR) is 80.1 cm³/mol. The summed E-state index contributed by atoms with van der Waals surface area (Å²) in [7, 11) is 0. The average molecular weight is 274 g/mol. The van der Waals surface area contributed by atoms with Crippen LogP contribution in [0.15, 0.2) is 29.1 Å². The summed E-state index contributed by atoms with van der Waals surface area (Å²) < 4.78 is 9.73. The molecule has 1 aliphatic rings. The van der Waals surface area contributed by atoms with Crippen LogP contribution in [0.2, 0.25) is 0 Å². The van der Waals surface area contributed by atoms with E-state index >= 15 is 0 Å². The number of imidazole rings is 1. The highest BCUT2D eigenvalue weighted by Crippen LogP contribution is 2.30. The summed E-state index contributed by atoms with van der Waals surface area (Å²) in [5, 5.41) is 0. The molecule has 4 nitrogen and oxygen atoms in total. The third-order valence-electron chi connectivity index (χ3n) is 4.18. The van der Waals surface area contributed by atoms with E-state index in [1.54, 1.807) is 0 Å². The first-order chi connectivity index (χ1) is 9.52. The lowest BCUT2D eigenvalue weighted by Gasteiger charge is -2.19. The molecule has 1 aromatic carbocycles. The van der Waals surface area contributed by atoms with Crippen molar-refractivity contribution in [3.8, 4) is 0 Å². The molecule has 1 fully saturated rings. The third-order valence-corrected chi connectivity index (χ3v) is 4.18. The molecule has 0 spiro atoms. The van der Waals surface area contributed by atoms with Crippen LogP contribution in [-0.2, 0) is 17.8 Å². The molecule has 2 heterocycles. The molecule has 20 heavy (non-hydrogen) atoms. The van der Waals surface area contributed by atoms with Crippen LogP contribution in [0.3, 0.4) is 0 Å². The van der Waals surface area contributed by atoms with E-state index in [0.29, 0.717) is 13.1 Å². The highest BCUT2D eigenvalue weighted by Gasteiger charge is 2.32. The molecular weight excluding hydrogens is 252 g/mol. The molecule has 0 radical (unpaired) electrons. The minimum Gasteiger partial charge on any atom is -0.370 e. The van der Waals surface area contributed by atoms with E-state index < -0.39 is 0 Å². The monoisotopic (exact) mass is 274 g/mol. The summed E-state index contributed by atoms with van der Waals surface area (Å²) in [6, 6.07) is 7.99. The lowest BCUT2D eigenvalue weighted by molar-refractivity contribution is -0.0216. The zero-order chi connectivity index (χ0) is 14.3. The lowest BCUT2D eigenvalue weighted by Crippen LogP contribution is -2.29. The van der Waals surface area contributed by atoms with Crippen LogP contribution in [0.25, 0.3) is 11.0 Å². The maximum Gasteiger partial charge on any atom is 0.329 e. The van der Waals surface area contributed by atoms with Gasteiger partial charge in [-0.05, 0) is 45.7 Å². The molecule has 4 heteroatoms. The largest absolute Gasteiger partial charge is 0.370 e. The Kier molecular flexibility index (Phi) is 3.21. The number of hydrogen-bond donors (Lipinski definition) is 0. The van der Waals surface area contributed by atoms with Crippen LogP contribution in [0.4, 0.5) is 0 Å². The molecule has 1 saturated heterocycles. The number of benzene rings is 1. The molecule has 1 atom stereocenters. The van der Waals surface area contributed by atoms with Crippen molar-refractivity contribution in [2.75, 3.05) is 0 Å². The first-order valence-corrected chi connectivity index (χ1v) is 7.38. The van der Waals surface area contributed by atoms with Crippen LogP contribution in [0, 0.1) is 0 Å². The number of para-hydroxylation sites is 2. The van der Waals surface area contributed by atoms with Gasteiger partial charge in [-0.25, -0.2) is 4.79 Å². The van der Waals surface area contributed by atoms with Crippen molar-refractivity contribution in [3.63, 3.8) is 0 Å². The van der Waals surface area contributed by atoms with Crippen LogP contribution in [0.1, 0.15) is 33.6 Å². The normalized spacial score (nSPS) is 21.6. The van der Waals surface area contributed by atoms with E-state index in [-0.39, 0.29) is 17.4 Å². The fourth-order valence-electron chi connectivity index (χ4n) is 3.16. The Balaban J connectivity index is 2.00. The second-order valence-corrected chi connectivity index (χ2v) is 6.16. The molecule has 0 bridgehead atoms. The highest BCUT2D eigenvalue weighted by molar-refractivity contribution is 5.75. The van der Waals surface area contributed by atoms with E-state index in [9.17, 15) is 4.79 Å².